The Kier molecular flexibility index (Phi) is 2.17. The minimum absolute atomic E-state index is 0.651. The highest BCUT2D eigenvalue weighted by Gasteiger charge is 2.11. The van der Waals surface area contributed by atoms with Crippen LogP contribution >= 0.6 is 11.6 Å². The number of nitrogen functional groups attached to an aromatic ring is 1. The van der Waals surface area contributed by atoms with E-state index in [0.717, 1.165) is 11.3 Å². The van der Waals surface area contributed by atoms with Crippen LogP contribution in [0.15, 0.2) is 24.3 Å². The monoisotopic (exact) mass is 207 g/mol. The van der Waals surface area contributed by atoms with Crippen molar-refractivity contribution < 1.29 is 0 Å². The highest BCUT2D eigenvalue weighted by molar-refractivity contribution is 6.33. The van der Waals surface area contributed by atoms with E-state index >= 15 is 0 Å². The summed E-state index contributed by atoms with van der Waals surface area (Å²) in [7, 11) is 0. The minimum atomic E-state index is 0.651. The number of nitrogens with one attached hydrogen (secondary N) is 1. The molecule has 0 radical (unpaired) electrons. The maximum Gasteiger partial charge on any atom is 0.117 e. The number of rotatable bonds is 1. The van der Waals surface area contributed by atoms with Crippen molar-refractivity contribution in [3.05, 3.63) is 35.0 Å². The first-order valence-corrected chi connectivity index (χ1v) is 4.63. The Balaban J connectivity index is 2.60. The van der Waals surface area contributed by atoms with Crippen LogP contribution in [0.5, 0.6) is 0 Å². The molecule has 0 aliphatic carbocycles. The second-order valence-corrected chi connectivity index (χ2v) is 3.50. The largest absolute Gasteiger partial charge is 0.395 e. The SMILES string of the molecule is Cc1[nH]nc(-c2ccccc2Cl)c1N. The Bertz CT molecular complexity index is 462. The van der Waals surface area contributed by atoms with Crippen molar-refractivity contribution in [2.24, 2.45) is 0 Å². The van der Waals surface area contributed by atoms with Crippen molar-refractivity contribution in [3.8, 4) is 11.3 Å². The minimum Gasteiger partial charge on any atom is -0.395 e. The van der Waals surface area contributed by atoms with Crippen LogP contribution in [-0.4, -0.2) is 10.2 Å². The number of aromatic amines is 1. The molecule has 0 atom stereocenters. The van der Waals surface area contributed by atoms with E-state index in [1.54, 1.807) is 0 Å². The number of benzene rings is 1. The van der Waals surface area contributed by atoms with E-state index in [-0.39, 0.29) is 0 Å². The van der Waals surface area contributed by atoms with Gasteiger partial charge in [0, 0.05) is 5.56 Å². The summed E-state index contributed by atoms with van der Waals surface area (Å²) >= 11 is 6.03. The van der Waals surface area contributed by atoms with Crippen molar-refractivity contribution in [1.29, 1.82) is 0 Å². The molecule has 1 heterocycles. The lowest BCUT2D eigenvalue weighted by molar-refractivity contribution is 1.05. The molecule has 3 N–H and O–H groups in total. The summed E-state index contributed by atoms with van der Waals surface area (Å²) in [4.78, 5) is 0. The van der Waals surface area contributed by atoms with Gasteiger partial charge in [-0.2, -0.15) is 5.10 Å². The Morgan fingerprint density at radius 2 is 2.07 bits per heavy atom. The molecule has 0 amide bonds. The van der Waals surface area contributed by atoms with Crippen molar-refractivity contribution in [3.63, 3.8) is 0 Å². The molecule has 3 nitrogen and oxygen atoms in total. The van der Waals surface area contributed by atoms with Gasteiger partial charge >= 0.3 is 0 Å². The van der Waals surface area contributed by atoms with Gasteiger partial charge in [-0.05, 0) is 13.0 Å². The molecular formula is C10H10ClN3. The molecule has 1 aromatic heterocycles. The quantitative estimate of drug-likeness (QED) is 0.755. The number of H-pyrrole nitrogens is 1. The summed E-state index contributed by atoms with van der Waals surface area (Å²) < 4.78 is 0. The number of halogens is 1. The van der Waals surface area contributed by atoms with E-state index in [0.29, 0.717) is 16.4 Å². The van der Waals surface area contributed by atoms with E-state index in [9.17, 15) is 0 Å². The van der Waals surface area contributed by atoms with Crippen molar-refractivity contribution >= 4 is 17.3 Å². The Hall–Kier alpha value is -1.48. The van der Waals surface area contributed by atoms with Crippen molar-refractivity contribution in [2.75, 3.05) is 5.73 Å². The lowest BCUT2D eigenvalue weighted by atomic mass is 10.1. The lowest BCUT2D eigenvalue weighted by Crippen LogP contribution is -1.89. The second-order valence-electron chi connectivity index (χ2n) is 3.09. The standard InChI is InChI=1S/C10H10ClN3/c1-6-9(12)10(14-13-6)7-4-2-3-5-8(7)11/h2-5H,12H2,1H3,(H,13,14). The van der Waals surface area contributed by atoms with E-state index in [4.69, 9.17) is 17.3 Å². The van der Waals surface area contributed by atoms with E-state index in [1.165, 1.54) is 0 Å². The maximum atomic E-state index is 6.03. The number of nitrogens with two attached hydrogens (primary N) is 1. The number of hydrogen-bond donors (Lipinski definition) is 2. The second kappa shape index (κ2) is 3.35. The van der Waals surface area contributed by atoms with E-state index in [2.05, 4.69) is 10.2 Å². The number of aryl methyl sites for hydroxylation is 1. The van der Waals surface area contributed by atoms with Crippen LogP contribution in [0.1, 0.15) is 5.69 Å². The summed E-state index contributed by atoms with van der Waals surface area (Å²) in [6.07, 6.45) is 0. The molecule has 0 saturated heterocycles. The lowest BCUT2D eigenvalue weighted by Gasteiger charge is -2.00. The molecule has 2 aromatic rings. The van der Waals surface area contributed by atoms with Gasteiger partial charge < -0.3 is 5.73 Å². The first-order chi connectivity index (χ1) is 6.70. The Morgan fingerprint density at radius 1 is 1.36 bits per heavy atom. The van der Waals surface area contributed by atoms with Gasteiger partial charge in [0.05, 0.1) is 16.4 Å². The van der Waals surface area contributed by atoms with Gasteiger partial charge in [-0.1, -0.05) is 29.8 Å². The van der Waals surface area contributed by atoms with Gasteiger partial charge in [0.2, 0.25) is 0 Å². The molecule has 14 heavy (non-hydrogen) atoms. The fraction of sp³-hybridized carbons (Fsp3) is 0.100. The fourth-order valence-corrected chi connectivity index (χ4v) is 1.52. The van der Waals surface area contributed by atoms with Crippen LogP contribution in [0.3, 0.4) is 0 Å². The molecular weight excluding hydrogens is 198 g/mol. The third-order valence-corrected chi connectivity index (χ3v) is 2.45. The average molecular weight is 208 g/mol. The summed E-state index contributed by atoms with van der Waals surface area (Å²) in [5, 5.41) is 7.60. The van der Waals surface area contributed by atoms with Gasteiger partial charge in [-0.3, -0.25) is 5.10 Å². The summed E-state index contributed by atoms with van der Waals surface area (Å²) in [5.41, 5.74) is 8.94. The highest BCUT2D eigenvalue weighted by atomic mass is 35.5. The van der Waals surface area contributed by atoms with Gasteiger partial charge in [0.1, 0.15) is 5.69 Å². The normalized spacial score (nSPS) is 10.4. The molecule has 0 aliphatic rings. The smallest absolute Gasteiger partial charge is 0.117 e. The molecule has 1 aromatic carbocycles. The van der Waals surface area contributed by atoms with Gasteiger partial charge in [0.25, 0.3) is 0 Å². The maximum absolute atomic E-state index is 6.03. The molecule has 0 fully saturated rings. The molecule has 0 bridgehead atoms. The number of hydrogen-bond acceptors (Lipinski definition) is 2. The number of nitrogens with zero attached hydrogens (tertiary/aromatic N) is 1. The predicted molar refractivity (Wildman–Crippen MR) is 58.2 cm³/mol. The molecule has 0 unspecified atom stereocenters. The first kappa shape index (κ1) is 9.09. The molecule has 2 rings (SSSR count). The zero-order chi connectivity index (χ0) is 10.1. The molecule has 0 spiro atoms. The average Bonchev–Trinajstić information content (AvgIpc) is 2.49. The number of aromatic nitrogens is 2. The van der Waals surface area contributed by atoms with Crippen molar-refractivity contribution in [2.45, 2.75) is 6.92 Å². The van der Waals surface area contributed by atoms with Gasteiger partial charge in [0.15, 0.2) is 0 Å². The topological polar surface area (TPSA) is 54.7 Å². The van der Waals surface area contributed by atoms with E-state index in [1.807, 2.05) is 31.2 Å². The molecule has 0 aliphatic heterocycles. The van der Waals surface area contributed by atoms with Crippen molar-refractivity contribution in [1.82, 2.24) is 10.2 Å². The summed E-state index contributed by atoms with van der Waals surface area (Å²) in [6, 6.07) is 7.50. The fourth-order valence-electron chi connectivity index (χ4n) is 1.30. The third kappa shape index (κ3) is 1.36. The molecule has 4 heteroatoms. The summed E-state index contributed by atoms with van der Waals surface area (Å²) in [5.74, 6) is 0. The third-order valence-electron chi connectivity index (χ3n) is 2.12. The zero-order valence-corrected chi connectivity index (χ0v) is 8.47. The Morgan fingerprint density at radius 3 is 2.64 bits per heavy atom. The van der Waals surface area contributed by atoms with Crippen LogP contribution in [0.4, 0.5) is 5.69 Å². The summed E-state index contributed by atoms with van der Waals surface area (Å²) in [6.45, 7) is 1.88. The predicted octanol–water partition coefficient (Wildman–Crippen LogP) is 2.62. The van der Waals surface area contributed by atoms with Crippen LogP contribution in [-0.2, 0) is 0 Å². The van der Waals surface area contributed by atoms with Gasteiger partial charge in [-0.25, -0.2) is 0 Å². The zero-order valence-electron chi connectivity index (χ0n) is 7.71. The Labute approximate surface area is 86.9 Å². The van der Waals surface area contributed by atoms with E-state index < -0.39 is 0 Å². The van der Waals surface area contributed by atoms with Crippen LogP contribution in [0.25, 0.3) is 11.3 Å². The van der Waals surface area contributed by atoms with Crippen LogP contribution in [0, 0.1) is 6.92 Å². The highest BCUT2D eigenvalue weighted by Crippen LogP contribution is 2.30. The number of anilines is 1. The molecule has 72 valence electrons. The first-order valence-electron chi connectivity index (χ1n) is 4.25. The van der Waals surface area contributed by atoms with Gasteiger partial charge in [-0.15, -0.1) is 0 Å². The van der Waals surface area contributed by atoms with Crippen LogP contribution < -0.4 is 5.73 Å². The molecule has 0 saturated carbocycles. The van der Waals surface area contributed by atoms with Crippen LogP contribution in [0.2, 0.25) is 5.02 Å².